The zero-order valence-corrected chi connectivity index (χ0v) is 30.2. The highest BCUT2D eigenvalue weighted by Gasteiger charge is 2.51. The minimum absolute atomic E-state index is 0.403. The predicted octanol–water partition coefficient (Wildman–Crippen LogP) is 13.5. The molecule has 8 aromatic carbocycles. The molecular weight excluding hydrogens is 653 g/mol. The van der Waals surface area contributed by atoms with Crippen molar-refractivity contribution in [2.75, 3.05) is 4.90 Å². The molecule has 54 heavy (non-hydrogen) atoms. The lowest BCUT2D eigenvalue weighted by Gasteiger charge is -2.32. The molecule has 256 valence electrons. The number of rotatable bonds is 6. The summed E-state index contributed by atoms with van der Waals surface area (Å²) < 4.78 is 2.42. The minimum atomic E-state index is -0.403. The molecule has 0 aliphatic heterocycles. The monoisotopic (exact) mass is 690 g/mol. The Morgan fingerprint density at radius 3 is 1.56 bits per heavy atom. The standard InChI is InChI=1S/C52H38N2/c1-2-15-35-26-30-50-44(32-35)45-33-38(28-31-51(45)54(50)37-18-7-4-8-19-37)53(36-16-5-3-6-17-36)39-27-29-43-42-22-11-14-25-48(42)52(49(43)34-39)46-23-12-9-20-40(46)41-21-10-13-24-47(41)52/h3-14,16-34H,2,15H2,1H3. The van der Waals surface area contributed by atoms with E-state index in [-0.39, 0.29) is 0 Å². The molecule has 2 aliphatic carbocycles. The smallest absolute Gasteiger partial charge is 0.0726 e. The number of para-hydroxylation sites is 2. The van der Waals surface area contributed by atoms with Crippen LogP contribution < -0.4 is 4.90 Å². The SMILES string of the molecule is CCCc1ccc2c(c1)c1cc(N(c3ccccc3)c3ccc4c(c3)C3(c5ccccc5-c5ccccc53)c3ccccc3-4)ccc1n2-c1ccccc1. The zero-order chi connectivity index (χ0) is 35.8. The van der Waals surface area contributed by atoms with E-state index in [0.29, 0.717) is 0 Å². The highest BCUT2D eigenvalue weighted by Crippen LogP contribution is 2.63. The molecule has 0 radical (unpaired) electrons. The largest absolute Gasteiger partial charge is 0.310 e. The Labute approximate surface area is 316 Å². The van der Waals surface area contributed by atoms with E-state index in [1.165, 1.54) is 77.6 Å². The van der Waals surface area contributed by atoms with Crippen LogP contribution in [0.2, 0.25) is 0 Å². The molecule has 2 heteroatoms. The van der Waals surface area contributed by atoms with Crippen LogP contribution in [-0.4, -0.2) is 4.57 Å². The van der Waals surface area contributed by atoms with Crippen molar-refractivity contribution in [3.8, 4) is 27.9 Å². The highest BCUT2D eigenvalue weighted by molar-refractivity contribution is 6.11. The Kier molecular flexibility index (Phi) is 6.84. The maximum absolute atomic E-state index is 2.48. The topological polar surface area (TPSA) is 8.17 Å². The van der Waals surface area contributed by atoms with Gasteiger partial charge in [-0.1, -0.05) is 135 Å². The number of benzene rings is 8. The zero-order valence-electron chi connectivity index (χ0n) is 30.2. The number of nitrogens with zero attached hydrogens (tertiary/aromatic N) is 2. The van der Waals surface area contributed by atoms with Crippen molar-refractivity contribution in [1.29, 1.82) is 0 Å². The predicted molar refractivity (Wildman–Crippen MR) is 226 cm³/mol. The molecule has 1 heterocycles. The summed E-state index contributed by atoms with van der Waals surface area (Å²) in [6.07, 6.45) is 2.18. The molecule has 2 aliphatic rings. The van der Waals surface area contributed by atoms with E-state index in [4.69, 9.17) is 0 Å². The summed E-state index contributed by atoms with van der Waals surface area (Å²) in [7, 11) is 0. The first kappa shape index (κ1) is 30.9. The van der Waals surface area contributed by atoms with Gasteiger partial charge in [0.25, 0.3) is 0 Å². The summed E-state index contributed by atoms with van der Waals surface area (Å²) in [6, 6.07) is 70.0. The van der Waals surface area contributed by atoms with E-state index in [1.54, 1.807) is 0 Å². The van der Waals surface area contributed by atoms with Gasteiger partial charge in [0, 0.05) is 33.5 Å². The van der Waals surface area contributed by atoms with Crippen molar-refractivity contribution in [1.82, 2.24) is 4.57 Å². The molecule has 0 fully saturated rings. The van der Waals surface area contributed by atoms with Crippen LogP contribution in [0, 0.1) is 0 Å². The molecule has 0 amide bonds. The molecule has 0 saturated carbocycles. The summed E-state index contributed by atoms with van der Waals surface area (Å²) in [6.45, 7) is 2.26. The number of aromatic nitrogens is 1. The average molecular weight is 691 g/mol. The fourth-order valence-electron chi connectivity index (χ4n) is 9.74. The van der Waals surface area contributed by atoms with E-state index in [2.05, 4.69) is 204 Å². The Morgan fingerprint density at radius 2 is 0.926 bits per heavy atom. The second kappa shape index (κ2) is 11.9. The third-order valence-electron chi connectivity index (χ3n) is 11.9. The van der Waals surface area contributed by atoms with Crippen molar-refractivity contribution in [3.05, 3.63) is 216 Å². The maximum atomic E-state index is 2.48. The van der Waals surface area contributed by atoms with E-state index in [9.17, 15) is 0 Å². The molecule has 9 aromatic rings. The van der Waals surface area contributed by atoms with Crippen molar-refractivity contribution < 1.29 is 0 Å². The van der Waals surface area contributed by atoms with Gasteiger partial charge < -0.3 is 9.47 Å². The first-order chi connectivity index (χ1) is 26.8. The van der Waals surface area contributed by atoms with Gasteiger partial charge in [0.05, 0.1) is 16.4 Å². The summed E-state index contributed by atoms with van der Waals surface area (Å²) >= 11 is 0. The number of anilines is 3. The Hall–Kier alpha value is -6.64. The third-order valence-corrected chi connectivity index (χ3v) is 11.9. The second-order valence-corrected chi connectivity index (χ2v) is 14.8. The van der Waals surface area contributed by atoms with Gasteiger partial charge in [-0.3, -0.25) is 0 Å². The molecule has 1 aromatic heterocycles. The van der Waals surface area contributed by atoms with Crippen LogP contribution >= 0.6 is 0 Å². The van der Waals surface area contributed by atoms with Gasteiger partial charge in [-0.25, -0.2) is 0 Å². The lowest BCUT2D eigenvalue weighted by Crippen LogP contribution is -2.26. The van der Waals surface area contributed by atoms with Crippen LogP contribution in [0.25, 0.3) is 49.7 Å². The number of hydrogen-bond donors (Lipinski definition) is 0. The van der Waals surface area contributed by atoms with E-state index in [1.807, 2.05) is 0 Å². The molecular formula is C52H38N2. The van der Waals surface area contributed by atoms with Gasteiger partial charge in [0.15, 0.2) is 0 Å². The summed E-state index contributed by atoms with van der Waals surface area (Å²) in [5.41, 5.74) is 18.7. The number of fused-ring (bicyclic) bond motifs is 13. The lowest BCUT2D eigenvalue weighted by molar-refractivity contribution is 0.793. The Morgan fingerprint density at radius 1 is 0.426 bits per heavy atom. The first-order valence-corrected chi connectivity index (χ1v) is 19.2. The quantitative estimate of drug-likeness (QED) is 0.169. The molecule has 2 nitrogen and oxygen atoms in total. The van der Waals surface area contributed by atoms with Gasteiger partial charge >= 0.3 is 0 Å². The van der Waals surface area contributed by atoms with Crippen LogP contribution in [0.3, 0.4) is 0 Å². The normalized spacial score (nSPS) is 13.2. The van der Waals surface area contributed by atoms with Gasteiger partial charge in [0.2, 0.25) is 0 Å². The van der Waals surface area contributed by atoms with Crippen molar-refractivity contribution in [3.63, 3.8) is 0 Å². The van der Waals surface area contributed by atoms with Gasteiger partial charge in [-0.2, -0.15) is 0 Å². The third kappa shape index (κ3) is 4.28. The summed E-state index contributed by atoms with van der Waals surface area (Å²) in [5.74, 6) is 0. The van der Waals surface area contributed by atoms with Crippen molar-refractivity contribution >= 4 is 38.9 Å². The fraction of sp³-hybridized carbons (Fsp3) is 0.0769. The molecule has 1 spiro atoms. The van der Waals surface area contributed by atoms with E-state index >= 15 is 0 Å². The average Bonchev–Trinajstić information content (AvgIpc) is 3.83. The molecule has 0 atom stereocenters. The van der Waals surface area contributed by atoms with Crippen LogP contribution in [0.5, 0.6) is 0 Å². The second-order valence-electron chi connectivity index (χ2n) is 14.8. The lowest BCUT2D eigenvalue weighted by atomic mass is 9.70. The van der Waals surface area contributed by atoms with Gasteiger partial charge in [0.1, 0.15) is 0 Å². The minimum Gasteiger partial charge on any atom is -0.310 e. The Balaban J connectivity index is 1.17. The van der Waals surface area contributed by atoms with Crippen LogP contribution in [-0.2, 0) is 11.8 Å². The molecule has 11 rings (SSSR count). The highest BCUT2D eigenvalue weighted by atomic mass is 15.1. The van der Waals surface area contributed by atoms with Crippen LogP contribution in [0.15, 0.2) is 188 Å². The molecule has 0 N–H and O–H groups in total. The van der Waals surface area contributed by atoms with Crippen LogP contribution in [0.4, 0.5) is 17.1 Å². The fourth-order valence-corrected chi connectivity index (χ4v) is 9.74. The summed E-state index contributed by atoms with van der Waals surface area (Å²) in [5, 5.41) is 2.55. The Bertz CT molecular complexity index is 2840. The van der Waals surface area contributed by atoms with Crippen molar-refractivity contribution in [2.24, 2.45) is 0 Å². The van der Waals surface area contributed by atoms with Crippen molar-refractivity contribution in [2.45, 2.75) is 25.2 Å². The molecule has 0 saturated heterocycles. The first-order valence-electron chi connectivity index (χ1n) is 19.2. The van der Waals surface area contributed by atoms with E-state index in [0.717, 1.165) is 29.9 Å². The maximum Gasteiger partial charge on any atom is 0.0726 e. The van der Waals surface area contributed by atoms with Crippen LogP contribution in [0.1, 0.15) is 41.2 Å². The number of aryl methyl sites for hydroxylation is 1. The van der Waals surface area contributed by atoms with Gasteiger partial charge in [-0.05, 0) is 123 Å². The summed E-state index contributed by atoms with van der Waals surface area (Å²) in [4.78, 5) is 2.45. The van der Waals surface area contributed by atoms with Gasteiger partial charge in [-0.15, -0.1) is 0 Å². The molecule has 0 bridgehead atoms. The molecule has 0 unspecified atom stereocenters. The van der Waals surface area contributed by atoms with E-state index < -0.39 is 5.41 Å². The number of hydrogen-bond acceptors (Lipinski definition) is 1.